The smallest absolute Gasteiger partial charge is 0.371 e. The van der Waals surface area contributed by atoms with Crippen molar-refractivity contribution in [1.82, 2.24) is 4.98 Å². The van der Waals surface area contributed by atoms with Gasteiger partial charge in [0.25, 0.3) is 0 Å². The van der Waals surface area contributed by atoms with E-state index < -0.39 is 21.6 Å². The minimum absolute atomic E-state index is 0.284. The summed E-state index contributed by atoms with van der Waals surface area (Å²) in [4.78, 5) is 14.4. The van der Waals surface area contributed by atoms with Crippen LogP contribution in [0.1, 0.15) is 16.1 Å². The normalized spacial score (nSPS) is 11.3. The SMILES string of the molecule is O=C(O)c1ccc(S(=O)(=O)Cc2cccnc2)o1. The van der Waals surface area contributed by atoms with E-state index in [1.165, 1.54) is 12.4 Å². The van der Waals surface area contributed by atoms with Crippen LogP contribution in [0.2, 0.25) is 0 Å². The summed E-state index contributed by atoms with van der Waals surface area (Å²) in [7, 11) is -3.70. The third-order valence-electron chi connectivity index (χ3n) is 2.18. The lowest BCUT2D eigenvalue weighted by molar-refractivity contribution is 0.0656. The van der Waals surface area contributed by atoms with Gasteiger partial charge in [-0.3, -0.25) is 4.98 Å². The first-order chi connectivity index (χ1) is 8.49. The molecule has 0 amide bonds. The van der Waals surface area contributed by atoms with E-state index in [-0.39, 0.29) is 10.8 Å². The highest BCUT2D eigenvalue weighted by Gasteiger charge is 2.21. The van der Waals surface area contributed by atoms with Gasteiger partial charge in [-0.2, -0.15) is 0 Å². The van der Waals surface area contributed by atoms with Crippen LogP contribution in [-0.2, 0) is 15.6 Å². The average molecular weight is 267 g/mol. The Bertz CT molecular complexity index is 660. The van der Waals surface area contributed by atoms with E-state index in [2.05, 4.69) is 4.98 Å². The van der Waals surface area contributed by atoms with Gasteiger partial charge in [0.1, 0.15) is 0 Å². The van der Waals surface area contributed by atoms with Gasteiger partial charge in [0, 0.05) is 12.4 Å². The Balaban J connectivity index is 2.28. The molecule has 7 heteroatoms. The van der Waals surface area contributed by atoms with E-state index in [0.29, 0.717) is 5.56 Å². The summed E-state index contributed by atoms with van der Waals surface area (Å²) in [5.74, 6) is -1.99. The Kier molecular flexibility index (Phi) is 3.15. The van der Waals surface area contributed by atoms with Crippen molar-refractivity contribution in [3.8, 4) is 0 Å². The van der Waals surface area contributed by atoms with Crippen LogP contribution in [-0.4, -0.2) is 24.5 Å². The second kappa shape index (κ2) is 4.61. The molecule has 2 aromatic heterocycles. The molecule has 0 bridgehead atoms. The summed E-state index contributed by atoms with van der Waals surface area (Å²) >= 11 is 0. The van der Waals surface area contributed by atoms with Crippen LogP contribution in [0.15, 0.2) is 46.2 Å². The first kappa shape index (κ1) is 12.3. The Morgan fingerprint density at radius 2 is 2.11 bits per heavy atom. The maximum atomic E-state index is 11.9. The zero-order valence-electron chi connectivity index (χ0n) is 9.11. The number of aromatic nitrogens is 1. The number of aromatic carboxylic acids is 1. The van der Waals surface area contributed by atoms with E-state index in [0.717, 1.165) is 12.1 Å². The molecule has 0 saturated carbocycles. The van der Waals surface area contributed by atoms with Gasteiger partial charge in [-0.05, 0) is 23.8 Å². The number of carbonyl (C=O) groups is 1. The van der Waals surface area contributed by atoms with E-state index in [4.69, 9.17) is 9.52 Å². The molecule has 1 N–H and O–H groups in total. The van der Waals surface area contributed by atoms with Crippen molar-refractivity contribution in [1.29, 1.82) is 0 Å². The van der Waals surface area contributed by atoms with Crippen LogP contribution >= 0.6 is 0 Å². The van der Waals surface area contributed by atoms with Crippen molar-refractivity contribution in [2.24, 2.45) is 0 Å². The lowest BCUT2D eigenvalue weighted by Gasteiger charge is -2.00. The molecule has 2 heterocycles. The largest absolute Gasteiger partial charge is 0.475 e. The fraction of sp³-hybridized carbons (Fsp3) is 0.0909. The van der Waals surface area contributed by atoms with Crippen LogP contribution in [0.4, 0.5) is 0 Å². The van der Waals surface area contributed by atoms with Gasteiger partial charge in [-0.15, -0.1) is 0 Å². The van der Waals surface area contributed by atoms with Gasteiger partial charge in [-0.1, -0.05) is 6.07 Å². The lowest BCUT2D eigenvalue weighted by Crippen LogP contribution is -2.04. The van der Waals surface area contributed by atoms with Gasteiger partial charge in [0.2, 0.25) is 20.7 Å². The Morgan fingerprint density at radius 3 is 2.67 bits per heavy atom. The van der Waals surface area contributed by atoms with E-state index in [1.54, 1.807) is 12.1 Å². The molecular formula is C11H9NO5S. The van der Waals surface area contributed by atoms with Crippen LogP contribution < -0.4 is 0 Å². The Hall–Kier alpha value is -2.15. The third-order valence-corrected chi connectivity index (χ3v) is 3.72. The molecule has 0 aliphatic rings. The molecule has 0 aliphatic heterocycles. The molecule has 94 valence electrons. The summed E-state index contributed by atoms with van der Waals surface area (Å²) in [5, 5.41) is 8.30. The topological polar surface area (TPSA) is 97.5 Å². The van der Waals surface area contributed by atoms with E-state index in [9.17, 15) is 13.2 Å². The molecule has 0 aromatic carbocycles. The van der Waals surface area contributed by atoms with Gasteiger partial charge in [0.05, 0.1) is 5.75 Å². The Labute approximate surface area is 103 Å². The summed E-state index contributed by atoms with van der Waals surface area (Å²) in [5.41, 5.74) is 0.505. The van der Waals surface area contributed by atoms with Crippen LogP contribution in [0.25, 0.3) is 0 Å². The first-order valence-corrected chi connectivity index (χ1v) is 6.59. The van der Waals surface area contributed by atoms with Crippen molar-refractivity contribution in [2.45, 2.75) is 10.8 Å². The molecule has 0 saturated heterocycles. The summed E-state index contributed by atoms with van der Waals surface area (Å²) < 4.78 is 28.6. The molecule has 2 rings (SSSR count). The summed E-state index contributed by atoms with van der Waals surface area (Å²) in [6.07, 6.45) is 2.96. The second-order valence-electron chi connectivity index (χ2n) is 3.54. The number of sulfone groups is 1. The highest BCUT2D eigenvalue weighted by molar-refractivity contribution is 7.90. The van der Waals surface area contributed by atoms with Crippen molar-refractivity contribution in [2.75, 3.05) is 0 Å². The fourth-order valence-corrected chi connectivity index (χ4v) is 2.62. The predicted molar refractivity (Wildman–Crippen MR) is 60.8 cm³/mol. The number of carboxylic acids is 1. The summed E-state index contributed by atoms with van der Waals surface area (Å²) in [6, 6.07) is 5.48. The molecule has 18 heavy (non-hydrogen) atoms. The van der Waals surface area contributed by atoms with Crippen molar-refractivity contribution in [3.63, 3.8) is 0 Å². The highest BCUT2D eigenvalue weighted by atomic mass is 32.2. The maximum absolute atomic E-state index is 11.9. The third kappa shape index (κ3) is 2.57. The highest BCUT2D eigenvalue weighted by Crippen LogP contribution is 2.18. The average Bonchev–Trinajstić information content (AvgIpc) is 2.79. The molecule has 0 radical (unpaired) electrons. The molecular weight excluding hydrogens is 258 g/mol. The molecule has 0 spiro atoms. The standard InChI is InChI=1S/C11H9NO5S/c13-11(14)9-3-4-10(17-9)18(15,16)7-8-2-1-5-12-6-8/h1-6H,7H2,(H,13,14). The zero-order valence-corrected chi connectivity index (χ0v) is 9.92. The molecule has 0 aliphatic carbocycles. The van der Waals surface area contributed by atoms with E-state index in [1.807, 2.05) is 0 Å². The zero-order chi connectivity index (χ0) is 13.2. The van der Waals surface area contributed by atoms with Crippen molar-refractivity contribution in [3.05, 3.63) is 48.0 Å². The second-order valence-corrected chi connectivity index (χ2v) is 5.46. The fourth-order valence-electron chi connectivity index (χ4n) is 1.38. The quantitative estimate of drug-likeness (QED) is 0.897. The number of hydrogen-bond donors (Lipinski definition) is 1. The first-order valence-electron chi connectivity index (χ1n) is 4.94. The molecule has 6 nitrogen and oxygen atoms in total. The van der Waals surface area contributed by atoms with Crippen molar-refractivity contribution >= 4 is 15.8 Å². The summed E-state index contributed by atoms with van der Waals surface area (Å²) in [6.45, 7) is 0. The van der Waals surface area contributed by atoms with E-state index >= 15 is 0 Å². The minimum Gasteiger partial charge on any atom is -0.475 e. The Morgan fingerprint density at radius 1 is 1.33 bits per heavy atom. The van der Waals surface area contributed by atoms with Crippen LogP contribution in [0.3, 0.4) is 0 Å². The molecule has 0 atom stereocenters. The number of nitrogens with zero attached hydrogens (tertiary/aromatic N) is 1. The number of pyridine rings is 1. The van der Waals surface area contributed by atoms with Crippen LogP contribution in [0, 0.1) is 0 Å². The molecule has 0 fully saturated rings. The molecule has 0 unspecified atom stereocenters. The lowest BCUT2D eigenvalue weighted by atomic mass is 10.3. The minimum atomic E-state index is -3.70. The van der Waals surface area contributed by atoms with Crippen LogP contribution in [0.5, 0.6) is 0 Å². The monoisotopic (exact) mass is 267 g/mol. The number of rotatable bonds is 4. The van der Waals surface area contributed by atoms with Gasteiger partial charge < -0.3 is 9.52 Å². The van der Waals surface area contributed by atoms with Gasteiger partial charge in [-0.25, -0.2) is 13.2 Å². The molecule has 2 aromatic rings. The number of furan rings is 1. The number of carboxylic acid groups (broad SMARTS) is 1. The van der Waals surface area contributed by atoms with Gasteiger partial charge >= 0.3 is 5.97 Å². The maximum Gasteiger partial charge on any atom is 0.371 e. The number of hydrogen-bond acceptors (Lipinski definition) is 5. The van der Waals surface area contributed by atoms with Gasteiger partial charge in [0.15, 0.2) is 0 Å². The predicted octanol–water partition coefficient (Wildman–Crippen LogP) is 1.35. The van der Waals surface area contributed by atoms with Crippen molar-refractivity contribution < 1.29 is 22.7 Å².